The molecule has 2 aromatic carbocycles. The standard InChI is InChI=1S/C19H21BrN2O2/c1-12-8-9-15(10-13(12)2)19(24)21-11-18(23)22-14(3)16-6-4-5-7-17(16)20/h4-10,14H,11H2,1-3H3,(H,21,24)(H,22,23). The molecule has 0 aromatic heterocycles. The fourth-order valence-corrected chi connectivity index (χ4v) is 2.97. The van der Waals surface area contributed by atoms with Crippen LogP contribution in [-0.2, 0) is 4.79 Å². The minimum atomic E-state index is -0.248. The van der Waals surface area contributed by atoms with Crippen LogP contribution in [0.1, 0.15) is 40.0 Å². The van der Waals surface area contributed by atoms with Gasteiger partial charge < -0.3 is 10.6 Å². The highest BCUT2D eigenvalue weighted by Gasteiger charge is 2.13. The second kappa shape index (κ2) is 8.11. The summed E-state index contributed by atoms with van der Waals surface area (Å²) in [5.41, 5.74) is 3.73. The summed E-state index contributed by atoms with van der Waals surface area (Å²) in [6.07, 6.45) is 0. The topological polar surface area (TPSA) is 58.2 Å². The van der Waals surface area contributed by atoms with Gasteiger partial charge in [-0.05, 0) is 55.7 Å². The number of amides is 2. The molecule has 126 valence electrons. The molecule has 0 saturated heterocycles. The molecule has 0 spiro atoms. The molecule has 0 bridgehead atoms. The van der Waals surface area contributed by atoms with Gasteiger partial charge in [0.25, 0.3) is 5.91 Å². The van der Waals surface area contributed by atoms with Crippen molar-refractivity contribution in [2.75, 3.05) is 6.54 Å². The molecule has 2 N–H and O–H groups in total. The molecule has 0 saturated carbocycles. The number of carbonyl (C=O) groups is 2. The number of rotatable bonds is 5. The molecular weight excluding hydrogens is 368 g/mol. The van der Waals surface area contributed by atoms with Gasteiger partial charge in [-0.3, -0.25) is 9.59 Å². The van der Waals surface area contributed by atoms with Crippen molar-refractivity contribution in [1.29, 1.82) is 0 Å². The quantitative estimate of drug-likeness (QED) is 0.820. The molecule has 5 heteroatoms. The van der Waals surface area contributed by atoms with Crippen LogP contribution in [0, 0.1) is 13.8 Å². The van der Waals surface area contributed by atoms with Crippen molar-refractivity contribution >= 4 is 27.7 Å². The maximum absolute atomic E-state index is 12.1. The van der Waals surface area contributed by atoms with Gasteiger partial charge in [-0.2, -0.15) is 0 Å². The molecule has 0 radical (unpaired) electrons. The van der Waals surface area contributed by atoms with Crippen LogP contribution >= 0.6 is 15.9 Å². The van der Waals surface area contributed by atoms with Crippen molar-refractivity contribution in [3.63, 3.8) is 0 Å². The first-order chi connectivity index (χ1) is 11.4. The summed E-state index contributed by atoms with van der Waals surface area (Å²) in [4.78, 5) is 24.2. The lowest BCUT2D eigenvalue weighted by Crippen LogP contribution is -2.38. The Morgan fingerprint density at radius 3 is 2.46 bits per heavy atom. The van der Waals surface area contributed by atoms with E-state index in [1.807, 2.05) is 57.2 Å². The van der Waals surface area contributed by atoms with E-state index in [1.165, 1.54) is 0 Å². The molecule has 1 unspecified atom stereocenters. The molecule has 0 aliphatic carbocycles. The average Bonchev–Trinajstić information content (AvgIpc) is 2.55. The number of hydrogen-bond acceptors (Lipinski definition) is 2. The SMILES string of the molecule is Cc1ccc(C(=O)NCC(=O)NC(C)c2ccccc2Br)cc1C. The highest BCUT2D eigenvalue weighted by atomic mass is 79.9. The second-order valence-electron chi connectivity index (χ2n) is 5.79. The Hall–Kier alpha value is -2.14. The summed E-state index contributed by atoms with van der Waals surface area (Å²) in [5, 5.41) is 5.53. The summed E-state index contributed by atoms with van der Waals surface area (Å²) < 4.78 is 0.942. The van der Waals surface area contributed by atoms with E-state index in [-0.39, 0.29) is 24.4 Å². The van der Waals surface area contributed by atoms with Crippen LogP contribution < -0.4 is 10.6 Å². The molecule has 2 amide bonds. The number of aryl methyl sites for hydroxylation is 2. The molecule has 2 rings (SSSR count). The van der Waals surface area contributed by atoms with E-state index >= 15 is 0 Å². The van der Waals surface area contributed by atoms with Gasteiger partial charge in [0.2, 0.25) is 5.91 Å². The third-order valence-corrected chi connectivity index (χ3v) is 4.65. The number of carbonyl (C=O) groups excluding carboxylic acids is 2. The Morgan fingerprint density at radius 2 is 1.79 bits per heavy atom. The summed E-state index contributed by atoms with van der Waals surface area (Å²) in [5.74, 6) is -0.475. The molecule has 4 nitrogen and oxygen atoms in total. The highest BCUT2D eigenvalue weighted by Crippen LogP contribution is 2.22. The van der Waals surface area contributed by atoms with Crippen LogP contribution in [0.15, 0.2) is 46.9 Å². The van der Waals surface area contributed by atoms with E-state index in [4.69, 9.17) is 0 Å². The Balaban J connectivity index is 1.89. The van der Waals surface area contributed by atoms with Gasteiger partial charge in [0.05, 0.1) is 12.6 Å². The predicted molar refractivity (Wildman–Crippen MR) is 98.9 cm³/mol. The van der Waals surface area contributed by atoms with Crippen LogP contribution in [0.2, 0.25) is 0 Å². The monoisotopic (exact) mass is 388 g/mol. The molecule has 1 atom stereocenters. The minimum Gasteiger partial charge on any atom is -0.348 e. The van der Waals surface area contributed by atoms with E-state index in [1.54, 1.807) is 6.07 Å². The first-order valence-electron chi connectivity index (χ1n) is 7.77. The molecule has 0 aliphatic heterocycles. The number of benzene rings is 2. The van der Waals surface area contributed by atoms with Crippen molar-refractivity contribution in [3.8, 4) is 0 Å². The molecule has 0 aliphatic rings. The van der Waals surface area contributed by atoms with Crippen molar-refractivity contribution in [1.82, 2.24) is 10.6 Å². The Bertz CT molecular complexity index is 759. The smallest absolute Gasteiger partial charge is 0.251 e. The largest absolute Gasteiger partial charge is 0.348 e. The van der Waals surface area contributed by atoms with Gasteiger partial charge >= 0.3 is 0 Å². The Labute approximate surface area is 150 Å². The fourth-order valence-electron chi connectivity index (χ4n) is 2.34. The van der Waals surface area contributed by atoms with Crippen LogP contribution in [0.3, 0.4) is 0 Å². The predicted octanol–water partition coefficient (Wildman–Crippen LogP) is 3.67. The van der Waals surface area contributed by atoms with Gasteiger partial charge in [0.15, 0.2) is 0 Å². The van der Waals surface area contributed by atoms with Gasteiger partial charge in [0.1, 0.15) is 0 Å². The van der Waals surface area contributed by atoms with E-state index in [0.29, 0.717) is 5.56 Å². The average molecular weight is 389 g/mol. The van der Waals surface area contributed by atoms with Crippen LogP contribution in [0.4, 0.5) is 0 Å². The summed E-state index contributed by atoms with van der Waals surface area (Å²) in [6, 6.07) is 13.1. The zero-order valence-corrected chi connectivity index (χ0v) is 15.6. The van der Waals surface area contributed by atoms with Gasteiger partial charge in [0, 0.05) is 10.0 Å². The first-order valence-corrected chi connectivity index (χ1v) is 8.57. The summed E-state index contributed by atoms with van der Waals surface area (Å²) in [7, 11) is 0. The van der Waals surface area contributed by atoms with E-state index in [9.17, 15) is 9.59 Å². The molecular formula is C19H21BrN2O2. The molecule has 0 heterocycles. The zero-order chi connectivity index (χ0) is 17.7. The lowest BCUT2D eigenvalue weighted by Gasteiger charge is -2.16. The minimum absolute atomic E-state index is 0.0550. The van der Waals surface area contributed by atoms with Crippen molar-refractivity contribution in [2.24, 2.45) is 0 Å². The van der Waals surface area contributed by atoms with Crippen LogP contribution in [-0.4, -0.2) is 18.4 Å². The molecule has 2 aromatic rings. The van der Waals surface area contributed by atoms with Gasteiger partial charge in [-0.15, -0.1) is 0 Å². The van der Waals surface area contributed by atoms with Crippen molar-refractivity contribution < 1.29 is 9.59 Å². The zero-order valence-electron chi connectivity index (χ0n) is 14.0. The normalized spacial score (nSPS) is 11.7. The first kappa shape index (κ1) is 18.2. The lowest BCUT2D eigenvalue weighted by molar-refractivity contribution is -0.120. The van der Waals surface area contributed by atoms with E-state index in [0.717, 1.165) is 21.2 Å². The number of halogens is 1. The van der Waals surface area contributed by atoms with Crippen molar-refractivity contribution in [2.45, 2.75) is 26.8 Å². The lowest BCUT2D eigenvalue weighted by atomic mass is 10.1. The Kier molecular flexibility index (Phi) is 6.15. The maximum Gasteiger partial charge on any atom is 0.251 e. The molecule has 0 fully saturated rings. The fraction of sp³-hybridized carbons (Fsp3) is 0.263. The van der Waals surface area contributed by atoms with Gasteiger partial charge in [-0.25, -0.2) is 0 Å². The van der Waals surface area contributed by atoms with E-state index in [2.05, 4.69) is 26.6 Å². The van der Waals surface area contributed by atoms with Crippen molar-refractivity contribution in [3.05, 3.63) is 69.2 Å². The third-order valence-electron chi connectivity index (χ3n) is 3.93. The van der Waals surface area contributed by atoms with E-state index < -0.39 is 0 Å². The van der Waals surface area contributed by atoms with Crippen LogP contribution in [0.5, 0.6) is 0 Å². The maximum atomic E-state index is 12.1. The third kappa shape index (κ3) is 4.68. The van der Waals surface area contributed by atoms with Crippen LogP contribution in [0.25, 0.3) is 0 Å². The Morgan fingerprint density at radius 1 is 1.08 bits per heavy atom. The number of hydrogen-bond donors (Lipinski definition) is 2. The number of nitrogens with one attached hydrogen (secondary N) is 2. The second-order valence-corrected chi connectivity index (χ2v) is 6.65. The summed E-state index contributed by atoms with van der Waals surface area (Å²) >= 11 is 3.47. The highest BCUT2D eigenvalue weighted by molar-refractivity contribution is 9.10. The summed E-state index contributed by atoms with van der Waals surface area (Å²) in [6.45, 7) is 5.80. The molecule has 24 heavy (non-hydrogen) atoms. The van der Waals surface area contributed by atoms with Gasteiger partial charge in [-0.1, -0.05) is 40.2 Å².